The van der Waals surface area contributed by atoms with Crippen molar-refractivity contribution in [3.8, 4) is 5.75 Å². The van der Waals surface area contributed by atoms with Crippen LogP contribution in [0.2, 0.25) is 0 Å². The molecule has 0 saturated heterocycles. The fourth-order valence-electron chi connectivity index (χ4n) is 1.82. The van der Waals surface area contributed by atoms with Gasteiger partial charge in [-0.3, -0.25) is 0 Å². The molecule has 0 unspecified atom stereocenters. The van der Waals surface area contributed by atoms with Gasteiger partial charge in [0.25, 0.3) is 0 Å². The van der Waals surface area contributed by atoms with Crippen LogP contribution in [0, 0.1) is 6.57 Å². The van der Waals surface area contributed by atoms with Crippen molar-refractivity contribution >= 4 is 5.69 Å². The standard InChI is InChI=1S/C12H13NO3/c1-12(2)11(15)10(14)8-5-4-7(13-3)6-9(8)16-12/h4-6,10-11,14-15H,1-2H3/t10-,11-/m1/s1. The predicted octanol–water partition coefficient (Wildman–Crippen LogP) is 1.80. The van der Waals surface area contributed by atoms with E-state index in [0.29, 0.717) is 17.0 Å². The Labute approximate surface area is 93.9 Å². The fraction of sp³-hybridized carbons (Fsp3) is 0.417. The second kappa shape index (κ2) is 3.48. The first-order chi connectivity index (χ1) is 7.45. The molecule has 2 rings (SSSR count). The van der Waals surface area contributed by atoms with E-state index in [1.165, 1.54) is 0 Å². The largest absolute Gasteiger partial charge is 0.486 e. The summed E-state index contributed by atoms with van der Waals surface area (Å²) in [4.78, 5) is 3.30. The zero-order valence-corrected chi connectivity index (χ0v) is 9.14. The van der Waals surface area contributed by atoms with Crippen LogP contribution < -0.4 is 4.74 Å². The van der Waals surface area contributed by atoms with Gasteiger partial charge in [-0.25, -0.2) is 4.85 Å². The van der Waals surface area contributed by atoms with Gasteiger partial charge in [-0.2, -0.15) is 0 Å². The summed E-state index contributed by atoms with van der Waals surface area (Å²) < 4.78 is 5.59. The smallest absolute Gasteiger partial charge is 0.190 e. The van der Waals surface area contributed by atoms with Gasteiger partial charge in [0.2, 0.25) is 0 Å². The number of aliphatic hydroxyl groups is 2. The van der Waals surface area contributed by atoms with Crippen molar-refractivity contribution in [2.45, 2.75) is 31.7 Å². The molecule has 2 N–H and O–H groups in total. The lowest BCUT2D eigenvalue weighted by Crippen LogP contribution is -2.48. The lowest BCUT2D eigenvalue weighted by atomic mass is 9.88. The average Bonchev–Trinajstić information content (AvgIpc) is 2.25. The molecule has 84 valence electrons. The molecule has 1 heterocycles. The highest BCUT2D eigenvalue weighted by Gasteiger charge is 2.41. The van der Waals surface area contributed by atoms with Gasteiger partial charge in [0.05, 0.1) is 6.57 Å². The summed E-state index contributed by atoms with van der Waals surface area (Å²) in [5.74, 6) is 0.469. The van der Waals surface area contributed by atoms with Crippen LogP contribution in [0.5, 0.6) is 5.75 Å². The van der Waals surface area contributed by atoms with Gasteiger partial charge in [0, 0.05) is 5.56 Å². The van der Waals surface area contributed by atoms with Crippen molar-refractivity contribution < 1.29 is 14.9 Å². The van der Waals surface area contributed by atoms with Gasteiger partial charge in [0.1, 0.15) is 23.6 Å². The summed E-state index contributed by atoms with van der Waals surface area (Å²) in [5.41, 5.74) is 0.130. The molecule has 0 fully saturated rings. The van der Waals surface area contributed by atoms with Crippen LogP contribution in [-0.4, -0.2) is 21.9 Å². The Morgan fingerprint density at radius 2 is 2.06 bits per heavy atom. The number of hydrogen-bond acceptors (Lipinski definition) is 3. The number of hydrogen-bond donors (Lipinski definition) is 2. The van der Waals surface area contributed by atoms with Crippen molar-refractivity contribution in [1.29, 1.82) is 0 Å². The molecule has 1 aliphatic heterocycles. The zero-order valence-electron chi connectivity index (χ0n) is 9.14. The molecular weight excluding hydrogens is 206 g/mol. The van der Waals surface area contributed by atoms with E-state index in [1.807, 2.05) is 0 Å². The Hall–Kier alpha value is -1.57. The van der Waals surface area contributed by atoms with Crippen LogP contribution in [-0.2, 0) is 0 Å². The third-order valence-electron chi connectivity index (χ3n) is 2.83. The van der Waals surface area contributed by atoms with Gasteiger partial charge >= 0.3 is 0 Å². The number of nitrogens with zero attached hydrogens (tertiary/aromatic N) is 1. The van der Waals surface area contributed by atoms with E-state index in [-0.39, 0.29) is 0 Å². The Balaban J connectivity index is 2.52. The minimum Gasteiger partial charge on any atom is -0.486 e. The maximum absolute atomic E-state index is 9.92. The molecule has 0 aromatic heterocycles. The van der Waals surface area contributed by atoms with Crippen LogP contribution in [0.3, 0.4) is 0 Å². The van der Waals surface area contributed by atoms with Crippen LogP contribution in [0.25, 0.3) is 4.85 Å². The van der Waals surface area contributed by atoms with Crippen LogP contribution in [0.4, 0.5) is 5.69 Å². The van der Waals surface area contributed by atoms with Crippen LogP contribution in [0.15, 0.2) is 18.2 Å². The molecule has 16 heavy (non-hydrogen) atoms. The summed E-state index contributed by atoms with van der Waals surface area (Å²) in [7, 11) is 0. The quantitative estimate of drug-likeness (QED) is 0.654. The topological polar surface area (TPSA) is 54.0 Å². The van der Waals surface area contributed by atoms with E-state index in [4.69, 9.17) is 11.3 Å². The summed E-state index contributed by atoms with van der Waals surface area (Å²) in [5, 5.41) is 19.8. The number of ether oxygens (including phenoxy) is 1. The van der Waals surface area contributed by atoms with Crippen molar-refractivity contribution in [2.75, 3.05) is 0 Å². The number of rotatable bonds is 0. The van der Waals surface area contributed by atoms with E-state index < -0.39 is 17.8 Å². The molecule has 0 radical (unpaired) electrons. The Bertz CT molecular complexity index is 462. The van der Waals surface area contributed by atoms with Crippen molar-refractivity contribution in [2.24, 2.45) is 0 Å². The minimum atomic E-state index is -0.974. The molecular formula is C12H13NO3. The number of fused-ring (bicyclic) bond motifs is 1. The first-order valence-corrected chi connectivity index (χ1v) is 5.02. The molecule has 0 amide bonds. The van der Waals surface area contributed by atoms with Gasteiger partial charge in [-0.1, -0.05) is 12.1 Å². The monoisotopic (exact) mass is 219 g/mol. The SMILES string of the molecule is [C-]#[N+]c1ccc2c(c1)OC(C)(C)[C@H](O)[C@@H]2O. The van der Waals surface area contributed by atoms with E-state index in [1.54, 1.807) is 32.0 Å². The fourth-order valence-corrected chi connectivity index (χ4v) is 1.82. The summed E-state index contributed by atoms with van der Waals surface area (Å²) >= 11 is 0. The maximum atomic E-state index is 9.92. The Morgan fingerprint density at radius 3 is 2.69 bits per heavy atom. The van der Waals surface area contributed by atoms with Crippen molar-refractivity contribution in [1.82, 2.24) is 0 Å². The van der Waals surface area contributed by atoms with Gasteiger partial charge in [-0.05, 0) is 19.9 Å². The minimum absolute atomic E-state index is 0.457. The number of aliphatic hydroxyl groups excluding tert-OH is 2. The van der Waals surface area contributed by atoms with Crippen molar-refractivity contribution in [3.63, 3.8) is 0 Å². The van der Waals surface area contributed by atoms with E-state index in [2.05, 4.69) is 4.85 Å². The van der Waals surface area contributed by atoms with Gasteiger partial charge < -0.3 is 14.9 Å². The van der Waals surface area contributed by atoms with E-state index in [0.717, 1.165) is 0 Å². The second-order valence-electron chi connectivity index (χ2n) is 4.43. The first-order valence-electron chi connectivity index (χ1n) is 5.02. The normalized spacial score (nSPS) is 26.4. The van der Waals surface area contributed by atoms with Crippen molar-refractivity contribution in [3.05, 3.63) is 35.2 Å². The molecule has 0 saturated carbocycles. The molecule has 0 spiro atoms. The lowest BCUT2D eigenvalue weighted by Gasteiger charge is -2.40. The lowest BCUT2D eigenvalue weighted by molar-refractivity contribution is -0.111. The van der Waals surface area contributed by atoms with E-state index in [9.17, 15) is 10.2 Å². The highest BCUT2D eigenvalue weighted by atomic mass is 16.5. The zero-order chi connectivity index (χ0) is 11.9. The molecule has 4 heteroatoms. The van der Waals surface area contributed by atoms with E-state index >= 15 is 0 Å². The molecule has 1 aromatic rings. The highest BCUT2D eigenvalue weighted by molar-refractivity contribution is 5.54. The van der Waals surface area contributed by atoms with Crippen LogP contribution >= 0.6 is 0 Å². The van der Waals surface area contributed by atoms with Gasteiger partial charge in [0.15, 0.2) is 5.69 Å². The third-order valence-corrected chi connectivity index (χ3v) is 2.83. The summed E-state index contributed by atoms with van der Waals surface area (Å²) in [6, 6.07) is 4.80. The molecule has 1 aliphatic rings. The summed E-state index contributed by atoms with van der Waals surface area (Å²) in [6.45, 7) is 10.3. The van der Waals surface area contributed by atoms with Gasteiger partial charge in [-0.15, -0.1) is 0 Å². The molecule has 0 aliphatic carbocycles. The first kappa shape index (κ1) is 10.9. The third kappa shape index (κ3) is 1.54. The highest BCUT2D eigenvalue weighted by Crippen LogP contribution is 2.41. The number of benzene rings is 1. The molecule has 1 aromatic carbocycles. The predicted molar refractivity (Wildman–Crippen MR) is 58.4 cm³/mol. The molecule has 2 atom stereocenters. The van der Waals surface area contributed by atoms with Crippen LogP contribution in [0.1, 0.15) is 25.5 Å². The summed E-state index contributed by atoms with van der Waals surface area (Å²) in [6.07, 6.45) is -1.95. The Kier molecular flexibility index (Phi) is 2.38. The maximum Gasteiger partial charge on any atom is 0.190 e. The molecule has 4 nitrogen and oxygen atoms in total. The second-order valence-corrected chi connectivity index (χ2v) is 4.43. The average molecular weight is 219 g/mol. The Morgan fingerprint density at radius 1 is 1.38 bits per heavy atom. The molecule has 0 bridgehead atoms.